The number of ether oxygens (including phenoxy) is 1. The molecule has 2 N–H and O–H groups in total. The van der Waals surface area contributed by atoms with Gasteiger partial charge in [0.25, 0.3) is 0 Å². The van der Waals surface area contributed by atoms with Crippen molar-refractivity contribution in [2.24, 2.45) is 0 Å². The zero-order valence-corrected chi connectivity index (χ0v) is 17.5. The number of nitrogens with one attached hydrogen (secondary N) is 2. The van der Waals surface area contributed by atoms with Crippen molar-refractivity contribution in [1.82, 2.24) is 10.2 Å². The number of benzene rings is 2. The van der Waals surface area contributed by atoms with Gasteiger partial charge in [0, 0.05) is 17.3 Å². The molecule has 0 radical (unpaired) electrons. The van der Waals surface area contributed by atoms with E-state index >= 15 is 0 Å². The van der Waals surface area contributed by atoms with Crippen molar-refractivity contribution in [1.29, 1.82) is 0 Å². The van der Waals surface area contributed by atoms with Crippen LogP contribution in [0.15, 0.2) is 65.7 Å². The molecule has 29 heavy (non-hydrogen) atoms. The highest BCUT2D eigenvalue weighted by atomic mass is 35.5. The highest BCUT2D eigenvalue weighted by Crippen LogP contribution is 2.18. The first-order valence-electron chi connectivity index (χ1n) is 9.10. The molecule has 6 nitrogen and oxygen atoms in total. The predicted octanol–water partition coefficient (Wildman–Crippen LogP) is 4.87. The Morgan fingerprint density at radius 3 is 2.45 bits per heavy atom. The van der Waals surface area contributed by atoms with Crippen LogP contribution in [-0.4, -0.2) is 28.5 Å². The SMILES string of the molecule is CCOc1ccc(NC(=O)CSc2ccc(NCc3ccc(Cl)cc3)nn2)cc1. The quantitative estimate of drug-likeness (QED) is 0.473. The maximum Gasteiger partial charge on any atom is 0.234 e. The van der Waals surface area contributed by atoms with E-state index in [4.69, 9.17) is 16.3 Å². The van der Waals surface area contributed by atoms with Crippen molar-refractivity contribution >= 4 is 40.8 Å². The maximum atomic E-state index is 12.1. The third-order valence-corrected chi connectivity index (χ3v) is 5.00. The second kappa shape index (κ2) is 10.7. The van der Waals surface area contributed by atoms with E-state index in [1.54, 1.807) is 0 Å². The lowest BCUT2D eigenvalue weighted by molar-refractivity contribution is -0.113. The predicted molar refractivity (Wildman–Crippen MR) is 118 cm³/mol. The molecule has 0 saturated carbocycles. The second-order valence-electron chi connectivity index (χ2n) is 6.03. The molecule has 1 amide bonds. The lowest BCUT2D eigenvalue weighted by Crippen LogP contribution is -2.14. The van der Waals surface area contributed by atoms with Crippen LogP contribution in [0.4, 0.5) is 11.5 Å². The standard InChI is InChI=1S/C21H21ClN4O2S/c1-2-28-18-9-7-17(8-10-18)24-20(27)14-29-21-12-11-19(25-26-21)23-13-15-3-5-16(22)6-4-15/h3-12H,2,13-14H2,1H3,(H,23,25)(H,24,27). The first kappa shape index (κ1) is 21.0. The van der Waals surface area contributed by atoms with Crippen LogP contribution in [0.1, 0.15) is 12.5 Å². The van der Waals surface area contributed by atoms with Gasteiger partial charge in [0.2, 0.25) is 5.91 Å². The number of carbonyl (C=O) groups excluding carboxylic acids is 1. The first-order valence-corrected chi connectivity index (χ1v) is 10.5. The molecule has 0 unspecified atom stereocenters. The van der Waals surface area contributed by atoms with Gasteiger partial charge in [-0.25, -0.2) is 0 Å². The van der Waals surface area contributed by atoms with Crippen molar-refractivity contribution < 1.29 is 9.53 Å². The van der Waals surface area contributed by atoms with Crippen LogP contribution < -0.4 is 15.4 Å². The Kier molecular flexibility index (Phi) is 7.72. The van der Waals surface area contributed by atoms with E-state index in [-0.39, 0.29) is 11.7 Å². The molecule has 150 valence electrons. The molecule has 0 spiro atoms. The van der Waals surface area contributed by atoms with Gasteiger partial charge < -0.3 is 15.4 Å². The minimum absolute atomic E-state index is 0.106. The number of aromatic nitrogens is 2. The molecule has 0 aliphatic rings. The summed E-state index contributed by atoms with van der Waals surface area (Å²) in [5.74, 6) is 1.59. The van der Waals surface area contributed by atoms with E-state index in [0.717, 1.165) is 17.0 Å². The molecule has 8 heteroatoms. The molecule has 3 aromatic rings. The van der Waals surface area contributed by atoms with Gasteiger partial charge in [-0.2, -0.15) is 0 Å². The summed E-state index contributed by atoms with van der Waals surface area (Å²) in [5.41, 5.74) is 1.83. The van der Waals surface area contributed by atoms with Crippen molar-refractivity contribution in [3.63, 3.8) is 0 Å². The summed E-state index contributed by atoms with van der Waals surface area (Å²) in [5, 5.41) is 15.7. The van der Waals surface area contributed by atoms with Crippen LogP contribution in [0.3, 0.4) is 0 Å². The number of nitrogens with zero attached hydrogens (tertiary/aromatic N) is 2. The van der Waals surface area contributed by atoms with Gasteiger partial charge in [-0.15, -0.1) is 10.2 Å². The van der Waals surface area contributed by atoms with E-state index in [1.807, 2.05) is 67.6 Å². The third kappa shape index (κ3) is 6.96. The molecule has 0 fully saturated rings. The van der Waals surface area contributed by atoms with Crippen LogP contribution in [0.5, 0.6) is 5.75 Å². The van der Waals surface area contributed by atoms with Crippen molar-refractivity contribution in [3.05, 3.63) is 71.2 Å². The zero-order valence-electron chi connectivity index (χ0n) is 15.9. The lowest BCUT2D eigenvalue weighted by atomic mass is 10.2. The molecule has 3 rings (SSSR count). The van der Waals surface area contributed by atoms with E-state index < -0.39 is 0 Å². The topological polar surface area (TPSA) is 76.1 Å². The van der Waals surface area contributed by atoms with Crippen molar-refractivity contribution in [2.45, 2.75) is 18.5 Å². The zero-order chi connectivity index (χ0) is 20.5. The Morgan fingerprint density at radius 1 is 1.03 bits per heavy atom. The molecule has 1 heterocycles. The van der Waals surface area contributed by atoms with Gasteiger partial charge in [-0.1, -0.05) is 35.5 Å². The largest absolute Gasteiger partial charge is 0.494 e. The molecule has 0 atom stereocenters. The smallest absolute Gasteiger partial charge is 0.234 e. The summed E-state index contributed by atoms with van der Waals surface area (Å²) >= 11 is 7.21. The number of anilines is 2. The number of thioether (sulfide) groups is 1. The first-order chi connectivity index (χ1) is 14.1. The van der Waals surface area contributed by atoms with Crippen LogP contribution in [0.2, 0.25) is 5.02 Å². The van der Waals surface area contributed by atoms with Gasteiger partial charge in [-0.3, -0.25) is 4.79 Å². The fourth-order valence-corrected chi connectivity index (χ4v) is 3.16. The van der Waals surface area contributed by atoms with Crippen molar-refractivity contribution in [3.8, 4) is 5.75 Å². The molecule has 0 aliphatic carbocycles. The van der Waals surface area contributed by atoms with Crippen molar-refractivity contribution in [2.75, 3.05) is 23.0 Å². The van der Waals surface area contributed by atoms with Gasteiger partial charge in [0.1, 0.15) is 16.6 Å². The van der Waals surface area contributed by atoms with E-state index in [1.165, 1.54) is 11.8 Å². The molecule has 2 aromatic carbocycles. The van der Waals surface area contributed by atoms with Crippen LogP contribution >= 0.6 is 23.4 Å². The van der Waals surface area contributed by atoms with Crippen LogP contribution in [0, 0.1) is 0 Å². The second-order valence-corrected chi connectivity index (χ2v) is 7.46. The maximum absolute atomic E-state index is 12.1. The lowest BCUT2D eigenvalue weighted by Gasteiger charge is -2.07. The fourth-order valence-electron chi connectivity index (χ4n) is 2.42. The van der Waals surface area contributed by atoms with Gasteiger partial charge in [0.05, 0.1) is 12.4 Å². The number of hydrogen-bond donors (Lipinski definition) is 2. The summed E-state index contributed by atoms with van der Waals surface area (Å²) in [6, 6.07) is 18.6. The average molecular weight is 429 g/mol. The molecule has 0 saturated heterocycles. The van der Waals surface area contributed by atoms with Gasteiger partial charge >= 0.3 is 0 Å². The average Bonchev–Trinajstić information content (AvgIpc) is 2.74. The molecule has 1 aromatic heterocycles. The molecule has 0 bridgehead atoms. The van der Waals surface area contributed by atoms with E-state index in [9.17, 15) is 4.79 Å². The monoisotopic (exact) mass is 428 g/mol. The Hall–Kier alpha value is -2.77. The number of rotatable bonds is 9. The van der Waals surface area contributed by atoms with Gasteiger partial charge in [0.15, 0.2) is 0 Å². The minimum Gasteiger partial charge on any atom is -0.494 e. The normalized spacial score (nSPS) is 10.4. The van der Waals surface area contributed by atoms with E-state index in [0.29, 0.717) is 29.0 Å². The van der Waals surface area contributed by atoms with E-state index in [2.05, 4.69) is 20.8 Å². The number of hydrogen-bond acceptors (Lipinski definition) is 6. The Morgan fingerprint density at radius 2 is 1.79 bits per heavy atom. The van der Waals surface area contributed by atoms with Crippen LogP contribution in [-0.2, 0) is 11.3 Å². The summed E-state index contributed by atoms with van der Waals surface area (Å²) in [6.07, 6.45) is 0. The highest BCUT2D eigenvalue weighted by Gasteiger charge is 2.06. The Balaban J connectivity index is 1.43. The summed E-state index contributed by atoms with van der Waals surface area (Å²) in [4.78, 5) is 12.1. The van der Waals surface area contributed by atoms with Crippen LogP contribution in [0.25, 0.3) is 0 Å². The Bertz CT molecular complexity index is 919. The molecule has 0 aliphatic heterocycles. The number of amides is 1. The number of carbonyl (C=O) groups is 1. The summed E-state index contributed by atoms with van der Waals surface area (Å²) in [6.45, 7) is 3.17. The molecular formula is C21H21ClN4O2S. The number of halogens is 1. The summed E-state index contributed by atoms with van der Waals surface area (Å²) < 4.78 is 5.39. The van der Waals surface area contributed by atoms with Gasteiger partial charge in [-0.05, 0) is 61.0 Å². The summed E-state index contributed by atoms with van der Waals surface area (Å²) in [7, 11) is 0. The fraction of sp³-hybridized carbons (Fsp3) is 0.190. The molecular weight excluding hydrogens is 408 g/mol. The third-order valence-electron chi connectivity index (χ3n) is 3.83. The highest BCUT2D eigenvalue weighted by molar-refractivity contribution is 7.99. The minimum atomic E-state index is -0.106. The Labute approximate surface area is 179 Å².